The summed E-state index contributed by atoms with van der Waals surface area (Å²) in [7, 11) is 0. The van der Waals surface area contributed by atoms with E-state index in [4.69, 9.17) is 9.84 Å². The monoisotopic (exact) mass is 417 g/mol. The molecule has 1 fully saturated rings. The molecule has 1 aliphatic rings. The summed E-state index contributed by atoms with van der Waals surface area (Å²) in [5.74, 6) is 1.57. The predicted octanol–water partition coefficient (Wildman–Crippen LogP) is 4.57. The Morgan fingerprint density at radius 2 is 1.90 bits per heavy atom. The van der Waals surface area contributed by atoms with Gasteiger partial charge in [-0.1, -0.05) is 24.3 Å². The number of piperidine rings is 1. The molecule has 1 aromatic heterocycles. The van der Waals surface area contributed by atoms with Gasteiger partial charge in [-0.3, -0.25) is 9.48 Å². The number of benzene rings is 2. The Hall–Kier alpha value is -3.38. The number of carbonyl (C=O) groups excluding carboxylic acids is 1. The lowest BCUT2D eigenvalue weighted by Gasteiger charge is -2.33. The fourth-order valence-electron chi connectivity index (χ4n) is 3.93. The second-order valence-electron chi connectivity index (χ2n) is 7.64. The van der Waals surface area contributed by atoms with Gasteiger partial charge in [0, 0.05) is 18.7 Å². The van der Waals surface area contributed by atoms with E-state index in [1.54, 1.807) is 12.2 Å². The van der Waals surface area contributed by atoms with Crippen LogP contribution in [-0.2, 0) is 11.4 Å². The van der Waals surface area contributed by atoms with Crippen molar-refractivity contribution in [1.29, 1.82) is 0 Å². The van der Waals surface area contributed by atoms with Crippen molar-refractivity contribution in [2.45, 2.75) is 32.4 Å². The highest BCUT2D eigenvalue weighted by Crippen LogP contribution is 2.29. The summed E-state index contributed by atoms with van der Waals surface area (Å²) in [5, 5.41) is 14.7. The molecule has 160 valence electrons. The van der Waals surface area contributed by atoms with Crippen molar-refractivity contribution in [3.05, 3.63) is 78.5 Å². The number of amides is 1. The topological polar surface area (TPSA) is 67.6 Å². The number of hydrogen-bond acceptors (Lipinski definition) is 4. The molecule has 1 N–H and O–H groups in total. The number of aliphatic hydroxyl groups excluding tert-OH is 1. The Balaban J connectivity index is 1.52. The summed E-state index contributed by atoms with van der Waals surface area (Å²) in [5.41, 5.74) is 2.50. The zero-order chi connectivity index (χ0) is 21.6. The third-order valence-corrected chi connectivity index (χ3v) is 5.47. The molecule has 3 aromatic rings. The van der Waals surface area contributed by atoms with Gasteiger partial charge in [-0.25, -0.2) is 0 Å². The Morgan fingerprint density at radius 1 is 1.16 bits per heavy atom. The van der Waals surface area contributed by atoms with Gasteiger partial charge in [0.25, 0.3) is 0 Å². The van der Waals surface area contributed by atoms with Crippen molar-refractivity contribution in [2.75, 3.05) is 13.1 Å². The van der Waals surface area contributed by atoms with Gasteiger partial charge in [0.05, 0.1) is 24.0 Å². The molecular formula is C25H27N3O3. The van der Waals surface area contributed by atoms with Crippen molar-refractivity contribution in [3.63, 3.8) is 0 Å². The molecular weight excluding hydrogens is 390 g/mol. The molecule has 0 aliphatic carbocycles. The maximum Gasteiger partial charge on any atom is 0.246 e. The third-order valence-electron chi connectivity index (χ3n) is 5.47. The van der Waals surface area contributed by atoms with E-state index >= 15 is 0 Å². The zero-order valence-electron chi connectivity index (χ0n) is 17.6. The number of hydrogen-bond donors (Lipinski definition) is 1. The normalized spacial score (nSPS) is 16.6. The van der Waals surface area contributed by atoms with Crippen LogP contribution in [0.5, 0.6) is 11.5 Å². The number of aromatic nitrogens is 2. The minimum atomic E-state index is -0.0957. The molecule has 0 saturated carbocycles. The van der Waals surface area contributed by atoms with Crippen LogP contribution in [0.2, 0.25) is 0 Å². The van der Waals surface area contributed by atoms with Crippen LogP contribution in [-0.4, -0.2) is 38.8 Å². The van der Waals surface area contributed by atoms with Crippen LogP contribution in [0.4, 0.5) is 0 Å². The van der Waals surface area contributed by atoms with Gasteiger partial charge in [0.15, 0.2) is 0 Å². The van der Waals surface area contributed by atoms with E-state index in [9.17, 15) is 9.90 Å². The molecule has 31 heavy (non-hydrogen) atoms. The quantitative estimate of drug-likeness (QED) is 0.597. The van der Waals surface area contributed by atoms with Gasteiger partial charge in [-0.2, -0.15) is 5.10 Å². The van der Waals surface area contributed by atoms with E-state index in [-0.39, 0.29) is 18.6 Å². The third kappa shape index (κ3) is 4.86. The maximum atomic E-state index is 12.3. The lowest BCUT2D eigenvalue weighted by atomic mass is 10.1. The van der Waals surface area contributed by atoms with Crippen molar-refractivity contribution in [1.82, 2.24) is 14.7 Å². The molecule has 1 unspecified atom stereocenters. The van der Waals surface area contributed by atoms with Gasteiger partial charge >= 0.3 is 0 Å². The number of likely N-dealkylation sites (tertiary alicyclic amines) is 1. The van der Waals surface area contributed by atoms with E-state index in [2.05, 4.69) is 0 Å². The smallest absolute Gasteiger partial charge is 0.246 e. The highest BCUT2D eigenvalue weighted by atomic mass is 16.5. The van der Waals surface area contributed by atoms with E-state index < -0.39 is 0 Å². The van der Waals surface area contributed by atoms with Gasteiger partial charge in [-0.15, -0.1) is 0 Å². The number of aliphatic hydroxyl groups is 1. The summed E-state index contributed by atoms with van der Waals surface area (Å²) in [6.45, 7) is 3.10. The summed E-state index contributed by atoms with van der Waals surface area (Å²) in [6, 6.07) is 19.4. The number of nitrogens with zero attached hydrogens (tertiary/aromatic N) is 3. The molecule has 0 bridgehead atoms. The average molecular weight is 418 g/mol. The number of allylic oxidation sites excluding steroid dienone is 1. The van der Waals surface area contributed by atoms with Crippen LogP contribution in [0, 0.1) is 0 Å². The second kappa shape index (κ2) is 9.62. The van der Waals surface area contributed by atoms with Crippen LogP contribution in [0.3, 0.4) is 0 Å². The largest absolute Gasteiger partial charge is 0.457 e. The number of rotatable bonds is 6. The second-order valence-corrected chi connectivity index (χ2v) is 7.64. The zero-order valence-corrected chi connectivity index (χ0v) is 17.6. The summed E-state index contributed by atoms with van der Waals surface area (Å²) in [6.07, 6.45) is 5.21. The van der Waals surface area contributed by atoms with Gasteiger partial charge < -0.3 is 14.7 Å². The van der Waals surface area contributed by atoms with E-state index in [0.29, 0.717) is 6.54 Å². The van der Waals surface area contributed by atoms with Gasteiger partial charge in [0.1, 0.15) is 11.5 Å². The van der Waals surface area contributed by atoms with Crippen molar-refractivity contribution in [2.24, 2.45) is 0 Å². The Kier molecular flexibility index (Phi) is 6.48. The first-order chi connectivity index (χ1) is 15.2. The summed E-state index contributed by atoms with van der Waals surface area (Å²) >= 11 is 0. The molecule has 6 heteroatoms. The summed E-state index contributed by atoms with van der Waals surface area (Å²) in [4.78, 5) is 14.1. The predicted molar refractivity (Wildman–Crippen MR) is 120 cm³/mol. The van der Waals surface area contributed by atoms with Crippen molar-refractivity contribution < 1.29 is 14.6 Å². The fraction of sp³-hybridized carbons (Fsp3) is 0.280. The lowest BCUT2D eigenvalue weighted by molar-refractivity contribution is -0.127. The lowest BCUT2D eigenvalue weighted by Crippen LogP contribution is -2.40. The van der Waals surface area contributed by atoms with Crippen LogP contribution < -0.4 is 4.74 Å². The van der Waals surface area contributed by atoms with Crippen LogP contribution >= 0.6 is 0 Å². The van der Waals surface area contributed by atoms with E-state index in [1.165, 1.54) is 0 Å². The van der Waals surface area contributed by atoms with Crippen LogP contribution in [0.25, 0.3) is 11.3 Å². The highest BCUT2D eigenvalue weighted by molar-refractivity contribution is 5.87. The molecule has 2 aromatic carbocycles. The minimum absolute atomic E-state index is 0.0270. The van der Waals surface area contributed by atoms with E-state index in [0.717, 1.165) is 47.8 Å². The fourth-order valence-corrected chi connectivity index (χ4v) is 3.93. The molecule has 1 atom stereocenters. The first-order valence-corrected chi connectivity index (χ1v) is 10.6. The van der Waals surface area contributed by atoms with Gasteiger partial charge in [-0.05, 0) is 68.3 Å². The van der Waals surface area contributed by atoms with E-state index in [1.807, 2.05) is 77.2 Å². The molecule has 0 spiro atoms. The van der Waals surface area contributed by atoms with Crippen molar-refractivity contribution >= 4 is 5.91 Å². The Labute approximate surface area is 182 Å². The molecule has 2 heterocycles. The van der Waals surface area contributed by atoms with Crippen LogP contribution in [0.1, 0.15) is 31.5 Å². The first-order valence-electron chi connectivity index (χ1n) is 10.6. The minimum Gasteiger partial charge on any atom is -0.457 e. The van der Waals surface area contributed by atoms with Gasteiger partial charge in [0.2, 0.25) is 5.91 Å². The molecule has 1 saturated heterocycles. The summed E-state index contributed by atoms with van der Waals surface area (Å²) < 4.78 is 7.75. The number of ether oxygens (including phenoxy) is 1. The Morgan fingerprint density at radius 3 is 2.61 bits per heavy atom. The van der Waals surface area contributed by atoms with Crippen LogP contribution in [0.15, 0.2) is 72.8 Å². The molecule has 0 radical (unpaired) electrons. The number of para-hydroxylation sites is 1. The molecule has 1 amide bonds. The van der Waals surface area contributed by atoms with Crippen molar-refractivity contribution in [3.8, 4) is 22.8 Å². The molecule has 6 nitrogen and oxygen atoms in total. The average Bonchev–Trinajstić information content (AvgIpc) is 3.25. The maximum absolute atomic E-state index is 12.3. The number of carbonyl (C=O) groups is 1. The molecule has 4 rings (SSSR count). The molecule has 1 aliphatic heterocycles. The Bertz CT molecular complexity index is 1040. The highest BCUT2D eigenvalue weighted by Gasteiger charge is 2.26. The first kappa shape index (κ1) is 20.9. The SMILES string of the molecule is C/C=C/C(=O)N1CCCC(n2nc(-c3ccc(Oc4ccccc4)cc3)cc2CO)C1. The standard InChI is InChI=1S/C25H27N3O3/c1-2-7-25(30)27-15-6-8-20(17-27)28-21(18-29)16-24(26-28)19-11-13-23(14-12-19)31-22-9-4-3-5-10-22/h2-5,7,9-14,16,20,29H,6,8,15,17-18H2,1H3/b7-2+.